The van der Waals surface area contributed by atoms with Crippen LogP contribution in [0.25, 0.3) is 0 Å². The summed E-state index contributed by atoms with van der Waals surface area (Å²) < 4.78 is 11.8. The smallest absolute Gasteiger partial charge is 0.252 e. The molecule has 1 amide bonds. The molecule has 2 nitrogen and oxygen atoms in total. The molecule has 0 unspecified atom stereocenters. The SMILES string of the molecule is CN1CC=C(CF)C1=O. The molecule has 0 N–H and O–H groups in total. The first-order chi connectivity index (χ1) is 4.25. The molecule has 1 rings (SSSR count). The van der Waals surface area contributed by atoms with Gasteiger partial charge in [-0.3, -0.25) is 4.79 Å². The van der Waals surface area contributed by atoms with Crippen LogP contribution in [0, 0.1) is 0 Å². The Morgan fingerprint density at radius 3 is 2.78 bits per heavy atom. The zero-order valence-corrected chi connectivity index (χ0v) is 5.22. The molecule has 0 saturated carbocycles. The number of nitrogens with zero attached hydrogens (tertiary/aromatic N) is 1. The molecule has 1 aliphatic heterocycles. The Morgan fingerprint density at radius 1 is 1.89 bits per heavy atom. The lowest BCUT2D eigenvalue weighted by Gasteiger charge is -2.05. The molecule has 0 saturated heterocycles. The van der Waals surface area contributed by atoms with Crippen molar-refractivity contribution in [2.24, 2.45) is 0 Å². The average Bonchev–Trinajstić information content (AvgIpc) is 2.15. The van der Waals surface area contributed by atoms with Gasteiger partial charge in [0.05, 0.1) is 0 Å². The summed E-state index contributed by atoms with van der Waals surface area (Å²) in [6.07, 6.45) is 1.61. The number of rotatable bonds is 1. The Balaban J connectivity index is 2.67. The highest BCUT2D eigenvalue weighted by Gasteiger charge is 2.18. The van der Waals surface area contributed by atoms with Gasteiger partial charge < -0.3 is 4.90 Å². The predicted molar refractivity (Wildman–Crippen MR) is 31.7 cm³/mol. The van der Waals surface area contributed by atoms with Crippen LogP contribution in [0.2, 0.25) is 0 Å². The Morgan fingerprint density at radius 2 is 2.56 bits per heavy atom. The third kappa shape index (κ3) is 0.943. The van der Waals surface area contributed by atoms with Crippen LogP contribution in [0.5, 0.6) is 0 Å². The summed E-state index contributed by atoms with van der Waals surface area (Å²) in [6.45, 7) is -0.0821. The molecule has 3 heteroatoms. The maximum atomic E-state index is 11.8. The van der Waals surface area contributed by atoms with Crippen molar-refractivity contribution in [1.82, 2.24) is 4.90 Å². The summed E-state index contributed by atoms with van der Waals surface area (Å²) in [5.74, 6) is -0.183. The third-order valence-electron chi connectivity index (χ3n) is 1.38. The lowest BCUT2D eigenvalue weighted by molar-refractivity contribution is -0.124. The maximum absolute atomic E-state index is 11.8. The van der Waals surface area contributed by atoms with Crippen molar-refractivity contribution in [3.05, 3.63) is 11.6 Å². The van der Waals surface area contributed by atoms with Gasteiger partial charge in [0.15, 0.2) is 0 Å². The minimum atomic E-state index is -0.636. The van der Waals surface area contributed by atoms with Crippen LogP contribution in [0.4, 0.5) is 4.39 Å². The fraction of sp³-hybridized carbons (Fsp3) is 0.500. The lowest BCUT2D eigenvalue weighted by atomic mass is 10.3. The van der Waals surface area contributed by atoms with E-state index in [2.05, 4.69) is 0 Å². The van der Waals surface area contributed by atoms with Crippen LogP contribution in [-0.2, 0) is 4.79 Å². The van der Waals surface area contributed by atoms with Crippen LogP contribution in [0.3, 0.4) is 0 Å². The fourth-order valence-corrected chi connectivity index (χ4v) is 0.774. The number of carbonyl (C=O) groups excluding carboxylic acids is 1. The predicted octanol–water partition coefficient (Wildman–Crippen LogP) is 0.354. The van der Waals surface area contributed by atoms with E-state index in [-0.39, 0.29) is 11.5 Å². The van der Waals surface area contributed by atoms with E-state index in [9.17, 15) is 9.18 Å². The molecule has 0 radical (unpaired) electrons. The first-order valence-corrected chi connectivity index (χ1v) is 2.76. The van der Waals surface area contributed by atoms with Gasteiger partial charge in [0.2, 0.25) is 0 Å². The van der Waals surface area contributed by atoms with Crippen molar-refractivity contribution in [2.75, 3.05) is 20.3 Å². The molecule has 0 aliphatic carbocycles. The van der Waals surface area contributed by atoms with Gasteiger partial charge in [-0.25, -0.2) is 4.39 Å². The van der Waals surface area contributed by atoms with Gasteiger partial charge in [0, 0.05) is 19.2 Å². The summed E-state index contributed by atoms with van der Waals surface area (Å²) in [5.41, 5.74) is 0.289. The second kappa shape index (κ2) is 2.17. The number of hydrogen-bond acceptors (Lipinski definition) is 1. The van der Waals surface area contributed by atoms with E-state index in [1.165, 1.54) is 4.90 Å². The molecule has 0 spiro atoms. The van der Waals surface area contributed by atoms with Crippen LogP contribution in [0.15, 0.2) is 11.6 Å². The van der Waals surface area contributed by atoms with Gasteiger partial charge in [-0.15, -0.1) is 0 Å². The van der Waals surface area contributed by atoms with Crippen molar-refractivity contribution in [3.63, 3.8) is 0 Å². The molecule has 1 heterocycles. The van der Waals surface area contributed by atoms with Crippen molar-refractivity contribution in [1.29, 1.82) is 0 Å². The van der Waals surface area contributed by atoms with Gasteiger partial charge in [-0.05, 0) is 0 Å². The van der Waals surface area contributed by atoms with E-state index in [0.29, 0.717) is 6.54 Å². The molecular weight excluding hydrogens is 121 g/mol. The van der Waals surface area contributed by atoms with Crippen LogP contribution >= 0.6 is 0 Å². The lowest BCUT2D eigenvalue weighted by Crippen LogP contribution is -2.21. The molecule has 0 aromatic rings. The average molecular weight is 129 g/mol. The van der Waals surface area contributed by atoms with Crippen molar-refractivity contribution in [3.8, 4) is 0 Å². The maximum Gasteiger partial charge on any atom is 0.252 e. The molecule has 50 valence electrons. The van der Waals surface area contributed by atoms with Gasteiger partial charge in [-0.1, -0.05) is 6.08 Å². The van der Waals surface area contributed by atoms with Crippen LogP contribution in [-0.4, -0.2) is 31.1 Å². The molecule has 0 bridgehead atoms. The van der Waals surface area contributed by atoms with Gasteiger partial charge in [-0.2, -0.15) is 0 Å². The summed E-state index contributed by atoms with van der Waals surface area (Å²) in [7, 11) is 1.65. The van der Waals surface area contributed by atoms with Crippen molar-refractivity contribution >= 4 is 5.91 Å². The normalized spacial score (nSPS) is 18.7. The van der Waals surface area contributed by atoms with E-state index >= 15 is 0 Å². The second-order valence-corrected chi connectivity index (χ2v) is 2.05. The molecule has 0 fully saturated rings. The first kappa shape index (κ1) is 6.26. The zero-order chi connectivity index (χ0) is 6.85. The quantitative estimate of drug-likeness (QED) is 0.500. The fourth-order valence-electron chi connectivity index (χ4n) is 0.774. The molecule has 0 atom stereocenters. The molecule has 0 aromatic carbocycles. The summed E-state index contributed by atoms with van der Waals surface area (Å²) in [4.78, 5) is 12.2. The van der Waals surface area contributed by atoms with E-state index in [4.69, 9.17) is 0 Å². The second-order valence-electron chi connectivity index (χ2n) is 2.05. The number of likely N-dealkylation sites (N-methyl/N-ethyl adjacent to an activating group) is 1. The van der Waals surface area contributed by atoms with E-state index in [1.54, 1.807) is 13.1 Å². The Kier molecular flexibility index (Phi) is 1.51. The molecule has 1 aliphatic rings. The van der Waals surface area contributed by atoms with E-state index in [1.807, 2.05) is 0 Å². The minimum absolute atomic E-state index is 0.183. The number of halogens is 1. The number of amides is 1. The largest absolute Gasteiger partial charge is 0.338 e. The van der Waals surface area contributed by atoms with Crippen LogP contribution < -0.4 is 0 Å². The van der Waals surface area contributed by atoms with Crippen LogP contribution in [0.1, 0.15) is 0 Å². The summed E-state index contributed by atoms with van der Waals surface area (Å²) in [5, 5.41) is 0. The van der Waals surface area contributed by atoms with Gasteiger partial charge in [0.1, 0.15) is 6.67 Å². The number of hydrogen-bond donors (Lipinski definition) is 0. The Hall–Kier alpha value is -0.860. The summed E-state index contributed by atoms with van der Waals surface area (Å²) in [6, 6.07) is 0. The standard InChI is InChI=1S/C6H8FNO/c1-8-3-2-5(4-7)6(8)9/h2H,3-4H2,1H3. The zero-order valence-electron chi connectivity index (χ0n) is 5.22. The number of carbonyl (C=O) groups is 1. The van der Waals surface area contributed by atoms with Crippen molar-refractivity contribution in [2.45, 2.75) is 0 Å². The Bertz CT molecular complexity index is 164. The number of alkyl halides is 1. The molecular formula is C6H8FNO. The highest BCUT2D eigenvalue weighted by atomic mass is 19.1. The van der Waals surface area contributed by atoms with Gasteiger partial charge in [0.25, 0.3) is 5.91 Å². The van der Waals surface area contributed by atoms with Crippen molar-refractivity contribution < 1.29 is 9.18 Å². The highest BCUT2D eigenvalue weighted by molar-refractivity contribution is 5.95. The van der Waals surface area contributed by atoms with E-state index < -0.39 is 6.67 Å². The van der Waals surface area contributed by atoms with Gasteiger partial charge >= 0.3 is 0 Å². The van der Waals surface area contributed by atoms with E-state index in [0.717, 1.165) is 0 Å². The first-order valence-electron chi connectivity index (χ1n) is 2.76. The topological polar surface area (TPSA) is 20.3 Å². The molecule has 9 heavy (non-hydrogen) atoms. The highest BCUT2D eigenvalue weighted by Crippen LogP contribution is 2.08. The summed E-state index contributed by atoms with van der Waals surface area (Å²) >= 11 is 0. The minimum Gasteiger partial charge on any atom is -0.338 e. The third-order valence-corrected chi connectivity index (χ3v) is 1.38. The Labute approximate surface area is 53.0 Å². The monoisotopic (exact) mass is 129 g/mol. The molecule has 0 aromatic heterocycles.